The van der Waals surface area contributed by atoms with Crippen LogP contribution < -0.4 is 4.89 Å². The van der Waals surface area contributed by atoms with Gasteiger partial charge in [0.15, 0.2) is 17.4 Å². The van der Waals surface area contributed by atoms with E-state index in [2.05, 4.69) is 35.2 Å². The third kappa shape index (κ3) is 5.62. The van der Waals surface area contributed by atoms with Gasteiger partial charge in [0.2, 0.25) is 0 Å². The standard InChI is InChI=1S/C30H29NO4/c1-21(32)34-35-27-17-9-11-23(20-27)18-22-10-8-16-26(19-22)30-31-28(24-12-4-2-5-13-24)29(33-30)25-14-6-3-7-15-25/h2-7,9,11-15,17,20,22,26H,8,10,16,18-19H2,1H3. The molecule has 5 rings (SSSR count). The molecular formula is C30H29NO4. The zero-order valence-corrected chi connectivity index (χ0v) is 19.9. The van der Waals surface area contributed by atoms with Crippen molar-refractivity contribution in [2.24, 2.45) is 5.92 Å². The fraction of sp³-hybridized carbons (Fsp3) is 0.267. The van der Waals surface area contributed by atoms with Crippen LogP contribution in [-0.2, 0) is 16.1 Å². The second-order valence-electron chi connectivity index (χ2n) is 9.20. The van der Waals surface area contributed by atoms with E-state index in [9.17, 15) is 4.79 Å². The van der Waals surface area contributed by atoms with E-state index in [0.717, 1.165) is 54.2 Å². The van der Waals surface area contributed by atoms with Gasteiger partial charge < -0.3 is 4.42 Å². The molecule has 0 amide bonds. The van der Waals surface area contributed by atoms with Crippen LogP contribution in [0.3, 0.4) is 0 Å². The molecule has 2 atom stereocenters. The van der Waals surface area contributed by atoms with Crippen LogP contribution in [0.15, 0.2) is 89.3 Å². The molecule has 35 heavy (non-hydrogen) atoms. The zero-order chi connectivity index (χ0) is 24.0. The summed E-state index contributed by atoms with van der Waals surface area (Å²) in [6.45, 7) is 1.32. The normalized spacial score (nSPS) is 17.6. The van der Waals surface area contributed by atoms with Crippen molar-refractivity contribution in [1.29, 1.82) is 0 Å². The second-order valence-corrected chi connectivity index (χ2v) is 9.20. The first-order valence-electron chi connectivity index (χ1n) is 12.2. The largest absolute Gasteiger partial charge is 0.440 e. The van der Waals surface area contributed by atoms with Gasteiger partial charge >= 0.3 is 5.97 Å². The van der Waals surface area contributed by atoms with Crippen LogP contribution in [0.5, 0.6) is 5.75 Å². The summed E-state index contributed by atoms with van der Waals surface area (Å²) in [5, 5.41) is 0. The summed E-state index contributed by atoms with van der Waals surface area (Å²) < 4.78 is 6.49. The van der Waals surface area contributed by atoms with Crippen molar-refractivity contribution in [2.45, 2.75) is 44.9 Å². The number of aromatic nitrogens is 1. The first-order chi connectivity index (χ1) is 17.2. The number of oxazole rings is 1. The van der Waals surface area contributed by atoms with E-state index in [1.807, 2.05) is 48.5 Å². The highest BCUT2D eigenvalue weighted by atomic mass is 17.2. The van der Waals surface area contributed by atoms with E-state index < -0.39 is 5.97 Å². The molecule has 0 bridgehead atoms. The van der Waals surface area contributed by atoms with Gasteiger partial charge in [0.25, 0.3) is 0 Å². The molecule has 5 nitrogen and oxygen atoms in total. The summed E-state index contributed by atoms with van der Waals surface area (Å²) in [4.78, 5) is 25.9. The molecule has 0 N–H and O–H groups in total. The van der Waals surface area contributed by atoms with Gasteiger partial charge in [0.05, 0.1) is 0 Å². The van der Waals surface area contributed by atoms with Gasteiger partial charge in [-0.3, -0.25) is 9.78 Å². The lowest BCUT2D eigenvalue weighted by Crippen LogP contribution is -2.16. The van der Waals surface area contributed by atoms with Gasteiger partial charge in [-0.05, 0) is 42.9 Å². The van der Waals surface area contributed by atoms with Crippen LogP contribution >= 0.6 is 0 Å². The molecule has 0 aliphatic heterocycles. The van der Waals surface area contributed by atoms with Crippen molar-refractivity contribution in [3.05, 3.63) is 96.4 Å². The minimum Gasteiger partial charge on any atom is -0.440 e. The van der Waals surface area contributed by atoms with Crippen LogP contribution in [0.1, 0.15) is 50.0 Å². The van der Waals surface area contributed by atoms with Crippen molar-refractivity contribution in [3.63, 3.8) is 0 Å². The second kappa shape index (κ2) is 10.6. The third-order valence-corrected chi connectivity index (χ3v) is 6.54. The summed E-state index contributed by atoms with van der Waals surface area (Å²) >= 11 is 0. The van der Waals surface area contributed by atoms with E-state index in [1.165, 1.54) is 18.9 Å². The predicted octanol–water partition coefficient (Wildman–Crippen LogP) is 7.38. The smallest absolute Gasteiger partial charge is 0.352 e. The number of hydrogen-bond acceptors (Lipinski definition) is 5. The molecule has 1 saturated carbocycles. The summed E-state index contributed by atoms with van der Waals surface area (Å²) in [7, 11) is 0. The summed E-state index contributed by atoms with van der Waals surface area (Å²) in [5.41, 5.74) is 4.19. The molecule has 1 fully saturated rings. The van der Waals surface area contributed by atoms with Gasteiger partial charge in [-0.1, -0.05) is 85.6 Å². The Hall–Kier alpha value is -3.86. The molecule has 178 valence electrons. The molecule has 1 aromatic heterocycles. The first-order valence-corrected chi connectivity index (χ1v) is 12.2. The van der Waals surface area contributed by atoms with Crippen molar-refractivity contribution < 1.29 is 19.0 Å². The maximum atomic E-state index is 11.0. The quantitative estimate of drug-likeness (QED) is 0.210. The summed E-state index contributed by atoms with van der Waals surface area (Å²) in [5.74, 6) is 2.54. The molecule has 0 saturated heterocycles. The molecule has 3 aromatic carbocycles. The SMILES string of the molecule is CC(=O)OOc1cccc(CC2CCCC(c3nc(-c4ccccc4)c(-c4ccccc4)o3)C2)c1. The van der Waals surface area contributed by atoms with Crippen molar-refractivity contribution in [3.8, 4) is 28.3 Å². The Morgan fingerprint density at radius 2 is 1.69 bits per heavy atom. The van der Waals surface area contributed by atoms with Gasteiger partial charge in [-0.15, -0.1) is 0 Å². The molecule has 0 radical (unpaired) electrons. The van der Waals surface area contributed by atoms with Crippen LogP contribution in [0.4, 0.5) is 0 Å². The molecule has 0 spiro atoms. The average Bonchev–Trinajstić information content (AvgIpc) is 3.35. The minimum absolute atomic E-state index is 0.286. The van der Waals surface area contributed by atoms with Crippen molar-refractivity contribution in [1.82, 2.24) is 4.98 Å². The lowest BCUT2D eigenvalue weighted by Gasteiger charge is -2.27. The third-order valence-electron chi connectivity index (χ3n) is 6.54. The fourth-order valence-electron chi connectivity index (χ4n) is 4.95. The van der Waals surface area contributed by atoms with Gasteiger partial charge in [-0.25, -0.2) is 9.78 Å². The Kier molecular flexibility index (Phi) is 6.94. The number of hydrogen-bond donors (Lipinski definition) is 0. The minimum atomic E-state index is -0.471. The number of benzene rings is 3. The number of rotatable bonds is 7. The van der Waals surface area contributed by atoms with E-state index in [1.54, 1.807) is 6.07 Å². The summed E-state index contributed by atoms with van der Waals surface area (Å²) in [6, 6.07) is 28.2. The molecule has 1 heterocycles. The van der Waals surface area contributed by atoms with Gasteiger partial charge in [-0.2, -0.15) is 0 Å². The Labute approximate surface area is 205 Å². The van der Waals surface area contributed by atoms with E-state index in [-0.39, 0.29) is 5.92 Å². The zero-order valence-electron chi connectivity index (χ0n) is 19.9. The van der Waals surface area contributed by atoms with E-state index >= 15 is 0 Å². The monoisotopic (exact) mass is 467 g/mol. The van der Waals surface area contributed by atoms with Crippen molar-refractivity contribution >= 4 is 5.97 Å². The van der Waals surface area contributed by atoms with Gasteiger partial charge in [0.1, 0.15) is 5.69 Å². The Bertz CT molecular complexity index is 1210. The number of carbonyl (C=O) groups is 1. The first kappa shape index (κ1) is 22.9. The molecular weight excluding hydrogens is 438 g/mol. The Morgan fingerprint density at radius 1 is 0.943 bits per heavy atom. The summed E-state index contributed by atoms with van der Waals surface area (Å²) in [6.07, 6.45) is 5.35. The highest BCUT2D eigenvalue weighted by molar-refractivity contribution is 5.76. The van der Waals surface area contributed by atoms with Gasteiger partial charge in [0, 0.05) is 24.0 Å². The fourth-order valence-corrected chi connectivity index (χ4v) is 4.95. The molecule has 1 aliphatic carbocycles. The maximum Gasteiger partial charge on any atom is 0.352 e. The van der Waals surface area contributed by atoms with Crippen LogP contribution in [0.2, 0.25) is 0 Å². The topological polar surface area (TPSA) is 61.6 Å². The Balaban J connectivity index is 1.36. The average molecular weight is 468 g/mol. The highest BCUT2D eigenvalue weighted by Gasteiger charge is 2.29. The molecule has 2 unspecified atom stereocenters. The van der Waals surface area contributed by atoms with E-state index in [4.69, 9.17) is 14.3 Å². The van der Waals surface area contributed by atoms with Crippen LogP contribution in [0.25, 0.3) is 22.6 Å². The van der Waals surface area contributed by atoms with Crippen molar-refractivity contribution in [2.75, 3.05) is 0 Å². The molecule has 5 heteroatoms. The predicted molar refractivity (Wildman–Crippen MR) is 135 cm³/mol. The maximum absolute atomic E-state index is 11.0. The number of carbonyl (C=O) groups excluding carboxylic acids is 1. The lowest BCUT2D eigenvalue weighted by molar-refractivity contribution is -0.210. The highest BCUT2D eigenvalue weighted by Crippen LogP contribution is 2.41. The Morgan fingerprint density at radius 3 is 2.43 bits per heavy atom. The number of nitrogens with zero attached hydrogens (tertiary/aromatic N) is 1. The molecule has 1 aliphatic rings. The van der Waals surface area contributed by atoms with Crippen LogP contribution in [-0.4, -0.2) is 11.0 Å². The van der Waals surface area contributed by atoms with Crippen LogP contribution in [0, 0.1) is 5.92 Å². The van der Waals surface area contributed by atoms with E-state index in [0.29, 0.717) is 11.7 Å². The molecule has 4 aromatic rings. The lowest BCUT2D eigenvalue weighted by atomic mass is 9.78.